The van der Waals surface area contributed by atoms with E-state index in [0.717, 1.165) is 15.9 Å². The topological polar surface area (TPSA) is 54.3 Å². The van der Waals surface area contributed by atoms with Gasteiger partial charge in [-0.1, -0.05) is 6.07 Å². The van der Waals surface area contributed by atoms with Gasteiger partial charge in [-0.2, -0.15) is 0 Å². The van der Waals surface area contributed by atoms with Gasteiger partial charge in [0, 0.05) is 18.3 Å². The van der Waals surface area contributed by atoms with Gasteiger partial charge in [-0.3, -0.25) is 4.79 Å². The molecule has 1 amide bonds. The van der Waals surface area contributed by atoms with E-state index < -0.39 is 0 Å². The van der Waals surface area contributed by atoms with Crippen molar-refractivity contribution < 1.29 is 9.21 Å². The van der Waals surface area contributed by atoms with E-state index in [0.29, 0.717) is 12.1 Å². The largest absolute Gasteiger partial charge is 0.466 e. The van der Waals surface area contributed by atoms with Crippen LogP contribution in [0.3, 0.4) is 0 Å². The van der Waals surface area contributed by atoms with E-state index in [1.54, 1.807) is 25.4 Å². The molecular weight excluding hydrogens is 296 g/mol. The summed E-state index contributed by atoms with van der Waals surface area (Å²) in [4.78, 5) is 11.5. The van der Waals surface area contributed by atoms with Crippen LogP contribution in [0.15, 0.2) is 45.5 Å². The van der Waals surface area contributed by atoms with Crippen LogP contribution >= 0.6 is 15.9 Å². The number of rotatable bonds is 4. The van der Waals surface area contributed by atoms with Crippen molar-refractivity contribution in [2.45, 2.75) is 6.54 Å². The molecule has 0 saturated heterocycles. The van der Waals surface area contributed by atoms with Crippen molar-refractivity contribution in [3.8, 4) is 0 Å². The minimum atomic E-state index is -0.0992. The Balaban J connectivity index is 2.06. The Labute approximate surface area is 114 Å². The second kappa shape index (κ2) is 5.73. The number of benzene rings is 1. The van der Waals surface area contributed by atoms with Crippen LogP contribution in [0.2, 0.25) is 0 Å². The first-order chi connectivity index (χ1) is 8.70. The lowest BCUT2D eigenvalue weighted by Gasteiger charge is -2.06. The number of nitrogens with one attached hydrogen (secondary N) is 2. The summed E-state index contributed by atoms with van der Waals surface area (Å²) in [5.74, 6) is 0.721. The smallest absolute Gasteiger partial charge is 0.251 e. The first kappa shape index (κ1) is 12.7. The van der Waals surface area contributed by atoms with Gasteiger partial charge in [-0.25, -0.2) is 0 Å². The molecule has 0 aliphatic carbocycles. The summed E-state index contributed by atoms with van der Waals surface area (Å²) in [6, 6.07) is 9.16. The molecule has 0 bridgehead atoms. The number of hydrogen-bond donors (Lipinski definition) is 2. The lowest BCUT2D eigenvalue weighted by molar-refractivity contribution is 0.0963. The van der Waals surface area contributed by atoms with Crippen molar-refractivity contribution in [3.63, 3.8) is 0 Å². The predicted octanol–water partition coefficient (Wildman–Crippen LogP) is 3.01. The number of halogens is 1. The molecule has 5 heteroatoms. The Bertz CT molecular complexity index is 551. The molecule has 0 spiro atoms. The van der Waals surface area contributed by atoms with Gasteiger partial charge >= 0.3 is 0 Å². The highest BCUT2D eigenvalue weighted by atomic mass is 79.9. The maximum Gasteiger partial charge on any atom is 0.251 e. The van der Waals surface area contributed by atoms with Crippen LogP contribution in [-0.4, -0.2) is 13.0 Å². The van der Waals surface area contributed by atoms with Crippen molar-refractivity contribution >= 4 is 27.5 Å². The average molecular weight is 309 g/mol. The number of carbonyl (C=O) groups excluding carboxylic acids is 1. The van der Waals surface area contributed by atoms with Gasteiger partial charge in [-0.15, -0.1) is 0 Å². The first-order valence-electron chi connectivity index (χ1n) is 5.48. The molecule has 0 fully saturated rings. The van der Waals surface area contributed by atoms with Gasteiger partial charge in [0.1, 0.15) is 5.76 Å². The van der Waals surface area contributed by atoms with Crippen LogP contribution in [0.4, 0.5) is 5.69 Å². The van der Waals surface area contributed by atoms with E-state index in [1.165, 1.54) is 0 Å². The molecule has 0 saturated carbocycles. The van der Waals surface area contributed by atoms with E-state index in [1.807, 2.05) is 18.2 Å². The van der Waals surface area contributed by atoms with Crippen LogP contribution in [0.5, 0.6) is 0 Å². The molecule has 18 heavy (non-hydrogen) atoms. The summed E-state index contributed by atoms with van der Waals surface area (Å²) in [7, 11) is 1.61. The quantitative estimate of drug-likeness (QED) is 0.913. The van der Waals surface area contributed by atoms with Gasteiger partial charge in [-0.05, 0) is 40.2 Å². The van der Waals surface area contributed by atoms with E-state index in [2.05, 4.69) is 26.6 Å². The van der Waals surface area contributed by atoms with E-state index in [-0.39, 0.29) is 5.91 Å². The highest BCUT2D eigenvalue weighted by Crippen LogP contribution is 2.19. The first-order valence-corrected chi connectivity index (χ1v) is 6.28. The average Bonchev–Trinajstić information content (AvgIpc) is 2.81. The second-order valence-electron chi connectivity index (χ2n) is 3.71. The lowest BCUT2D eigenvalue weighted by Crippen LogP contribution is -2.17. The van der Waals surface area contributed by atoms with Crippen LogP contribution in [0, 0.1) is 0 Å². The number of amides is 1. The number of hydrogen-bond acceptors (Lipinski definition) is 3. The Morgan fingerprint density at radius 3 is 2.89 bits per heavy atom. The molecule has 0 aliphatic rings. The maximum atomic E-state index is 11.5. The van der Waals surface area contributed by atoms with Crippen LogP contribution in [-0.2, 0) is 6.54 Å². The number of anilines is 1. The molecule has 2 rings (SSSR count). The van der Waals surface area contributed by atoms with Crippen molar-refractivity contribution in [1.82, 2.24) is 5.32 Å². The van der Waals surface area contributed by atoms with E-state index in [9.17, 15) is 4.79 Å². The number of furan rings is 1. The molecule has 2 aromatic rings. The van der Waals surface area contributed by atoms with Gasteiger partial charge in [0.15, 0.2) is 0 Å². The summed E-state index contributed by atoms with van der Waals surface area (Å²) < 4.78 is 6.22. The van der Waals surface area contributed by atoms with Crippen LogP contribution < -0.4 is 10.6 Å². The lowest BCUT2D eigenvalue weighted by atomic mass is 10.2. The highest BCUT2D eigenvalue weighted by molar-refractivity contribution is 9.10. The van der Waals surface area contributed by atoms with E-state index >= 15 is 0 Å². The summed E-state index contributed by atoms with van der Waals surface area (Å²) in [5.41, 5.74) is 1.50. The van der Waals surface area contributed by atoms with Crippen molar-refractivity contribution in [2.24, 2.45) is 0 Å². The summed E-state index contributed by atoms with van der Waals surface area (Å²) in [5, 5.41) is 5.80. The normalized spacial score (nSPS) is 10.1. The third-order valence-electron chi connectivity index (χ3n) is 2.50. The Hall–Kier alpha value is -1.75. The SMILES string of the molecule is CNC(=O)c1cccc(NCc2occc2Br)c1. The van der Waals surface area contributed by atoms with Crippen LogP contribution in [0.1, 0.15) is 16.1 Å². The zero-order valence-electron chi connectivity index (χ0n) is 9.87. The Morgan fingerprint density at radius 2 is 2.22 bits per heavy atom. The third kappa shape index (κ3) is 2.92. The summed E-state index contributed by atoms with van der Waals surface area (Å²) in [6.45, 7) is 0.560. The minimum absolute atomic E-state index is 0.0992. The number of carbonyl (C=O) groups is 1. The summed E-state index contributed by atoms with van der Waals surface area (Å²) in [6.07, 6.45) is 1.63. The van der Waals surface area contributed by atoms with Gasteiger partial charge in [0.2, 0.25) is 0 Å². The van der Waals surface area contributed by atoms with Crippen molar-refractivity contribution in [2.75, 3.05) is 12.4 Å². The zero-order chi connectivity index (χ0) is 13.0. The zero-order valence-corrected chi connectivity index (χ0v) is 11.5. The maximum absolute atomic E-state index is 11.5. The summed E-state index contributed by atoms with van der Waals surface area (Å²) >= 11 is 3.39. The molecule has 0 aliphatic heterocycles. The molecule has 0 unspecified atom stereocenters. The second-order valence-corrected chi connectivity index (χ2v) is 4.56. The fourth-order valence-corrected chi connectivity index (χ4v) is 1.89. The predicted molar refractivity (Wildman–Crippen MR) is 73.6 cm³/mol. The Kier molecular flexibility index (Phi) is 4.04. The van der Waals surface area contributed by atoms with Crippen molar-refractivity contribution in [1.29, 1.82) is 0 Å². The minimum Gasteiger partial charge on any atom is -0.466 e. The standard InChI is InChI=1S/C13H13BrN2O2/c1-15-13(17)9-3-2-4-10(7-9)16-8-12-11(14)5-6-18-12/h2-7,16H,8H2,1H3,(H,15,17). The molecule has 1 heterocycles. The molecule has 1 aromatic carbocycles. The Morgan fingerprint density at radius 1 is 1.39 bits per heavy atom. The fraction of sp³-hybridized carbons (Fsp3) is 0.154. The monoisotopic (exact) mass is 308 g/mol. The molecule has 1 aromatic heterocycles. The molecule has 4 nitrogen and oxygen atoms in total. The molecule has 2 N–H and O–H groups in total. The van der Waals surface area contributed by atoms with Gasteiger partial charge in [0.25, 0.3) is 5.91 Å². The molecule has 0 atom stereocenters. The molecule has 0 radical (unpaired) electrons. The highest BCUT2D eigenvalue weighted by Gasteiger charge is 2.05. The van der Waals surface area contributed by atoms with E-state index in [4.69, 9.17) is 4.42 Å². The van der Waals surface area contributed by atoms with Gasteiger partial charge in [0.05, 0.1) is 17.3 Å². The van der Waals surface area contributed by atoms with Crippen LogP contribution in [0.25, 0.3) is 0 Å². The fourth-order valence-electron chi connectivity index (χ4n) is 1.55. The van der Waals surface area contributed by atoms with Gasteiger partial charge < -0.3 is 15.1 Å². The third-order valence-corrected chi connectivity index (χ3v) is 3.20. The molecular formula is C13H13BrN2O2. The van der Waals surface area contributed by atoms with Crippen molar-refractivity contribution in [3.05, 3.63) is 52.4 Å². The molecule has 94 valence electrons.